The molecule has 0 saturated heterocycles. The maximum Gasteiger partial charge on any atom is 0.391 e. The number of hydrogen-bond acceptors (Lipinski definition) is 5. The van der Waals surface area contributed by atoms with Crippen LogP contribution in [0.2, 0.25) is 0 Å². The summed E-state index contributed by atoms with van der Waals surface area (Å²) in [6.45, 7) is 1.61. The second-order valence-electron chi connectivity index (χ2n) is 8.59. The minimum atomic E-state index is -4.47. The van der Waals surface area contributed by atoms with E-state index < -0.39 is 30.5 Å². The Morgan fingerprint density at radius 1 is 1.19 bits per heavy atom. The fraction of sp³-hybridized carbons (Fsp3) is 0.280. The van der Waals surface area contributed by atoms with Crippen LogP contribution in [-0.4, -0.2) is 39.2 Å². The number of fused-ring (bicyclic) bond motifs is 1. The summed E-state index contributed by atoms with van der Waals surface area (Å²) in [6.07, 6.45) is -5.64. The molecule has 1 unspecified atom stereocenters. The highest BCUT2D eigenvalue weighted by Crippen LogP contribution is 2.36. The SMILES string of the molecule is CC(=O)Nc1cc(C#N)ccc1-c1cc2n(n1)C(CC(F)(F)F)CN(Cc1ccc(CN)cc1)C2=O. The van der Waals surface area contributed by atoms with Gasteiger partial charge < -0.3 is 16.0 Å². The van der Waals surface area contributed by atoms with Crippen molar-refractivity contribution in [1.82, 2.24) is 14.7 Å². The Kier molecular flexibility index (Phi) is 6.81. The highest BCUT2D eigenvalue weighted by Gasteiger charge is 2.40. The van der Waals surface area contributed by atoms with E-state index in [-0.39, 0.29) is 35.7 Å². The molecule has 3 aromatic rings. The van der Waals surface area contributed by atoms with Gasteiger partial charge in [0, 0.05) is 32.1 Å². The molecule has 1 atom stereocenters. The average molecular weight is 496 g/mol. The van der Waals surface area contributed by atoms with Crippen LogP contribution >= 0.6 is 0 Å². The molecule has 3 N–H and O–H groups in total. The lowest BCUT2D eigenvalue weighted by atomic mass is 10.0. The summed E-state index contributed by atoms with van der Waals surface area (Å²) in [6, 6.07) is 14.0. The number of nitrogens with zero attached hydrogens (tertiary/aromatic N) is 4. The molecule has 11 heteroatoms. The van der Waals surface area contributed by atoms with Crippen LogP contribution in [0.4, 0.5) is 18.9 Å². The molecule has 4 rings (SSSR count). The van der Waals surface area contributed by atoms with E-state index in [0.717, 1.165) is 15.8 Å². The van der Waals surface area contributed by atoms with Gasteiger partial charge in [0.05, 0.1) is 35.5 Å². The summed E-state index contributed by atoms with van der Waals surface area (Å²) < 4.78 is 41.5. The molecular weight excluding hydrogens is 473 g/mol. The van der Waals surface area contributed by atoms with Crippen molar-refractivity contribution in [2.75, 3.05) is 11.9 Å². The number of nitriles is 1. The van der Waals surface area contributed by atoms with Crippen molar-refractivity contribution in [3.63, 3.8) is 0 Å². The van der Waals surface area contributed by atoms with E-state index in [1.165, 1.54) is 36.1 Å². The fourth-order valence-electron chi connectivity index (χ4n) is 4.23. The van der Waals surface area contributed by atoms with Crippen molar-refractivity contribution in [3.8, 4) is 17.3 Å². The summed E-state index contributed by atoms with van der Waals surface area (Å²) in [4.78, 5) is 26.4. The summed E-state index contributed by atoms with van der Waals surface area (Å²) in [7, 11) is 0. The second-order valence-corrected chi connectivity index (χ2v) is 8.59. The Morgan fingerprint density at radius 2 is 1.89 bits per heavy atom. The van der Waals surface area contributed by atoms with Crippen LogP contribution < -0.4 is 11.1 Å². The van der Waals surface area contributed by atoms with Gasteiger partial charge in [-0.3, -0.25) is 14.3 Å². The molecule has 0 fully saturated rings. The Balaban J connectivity index is 1.74. The highest BCUT2D eigenvalue weighted by molar-refractivity contribution is 5.97. The van der Waals surface area contributed by atoms with Crippen molar-refractivity contribution in [2.24, 2.45) is 5.73 Å². The fourth-order valence-corrected chi connectivity index (χ4v) is 4.23. The lowest BCUT2D eigenvalue weighted by Gasteiger charge is -2.34. The standard InChI is InChI=1S/C25H23F3N6O2/c1-15(35)31-21-8-18(12-30)6-7-20(21)22-9-23-24(36)33(13-17-4-2-16(11-29)3-5-17)14-19(34(23)32-22)10-25(26,27)28/h2-9,19H,10-11,13-14,29H2,1H3,(H,31,35). The number of hydrogen-bond donors (Lipinski definition) is 2. The Morgan fingerprint density at radius 3 is 2.50 bits per heavy atom. The van der Waals surface area contributed by atoms with E-state index in [1.54, 1.807) is 12.1 Å². The van der Waals surface area contributed by atoms with Crippen LogP contribution in [0, 0.1) is 11.3 Å². The molecule has 8 nitrogen and oxygen atoms in total. The largest absolute Gasteiger partial charge is 0.391 e. The lowest BCUT2D eigenvalue weighted by molar-refractivity contribution is -0.145. The van der Waals surface area contributed by atoms with Crippen molar-refractivity contribution in [1.29, 1.82) is 5.26 Å². The molecule has 1 aliphatic heterocycles. The first-order valence-electron chi connectivity index (χ1n) is 11.1. The van der Waals surface area contributed by atoms with Crippen molar-refractivity contribution in [2.45, 2.75) is 38.7 Å². The molecule has 2 amide bonds. The van der Waals surface area contributed by atoms with Crippen LogP contribution in [0.3, 0.4) is 0 Å². The minimum absolute atomic E-state index is 0.0159. The number of halogens is 3. The number of amides is 2. The van der Waals surface area contributed by atoms with Crippen LogP contribution in [0.15, 0.2) is 48.5 Å². The van der Waals surface area contributed by atoms with Gasteiger partial charge in [-0.25, -0.2) is 0 Å². The van der Waals surface area contributed by atoms with E-state index in [2.05, 4.69) is 10.4 Å². The molecule has 0 bridgehead atoms. The van der Waals surface area contributed by atoms with Crippen molar-refractivity contribution < 1.29 is 22.8 Å². The third-order valence-corrected chi connectivity index (χ3v) is 5.85. The lowest BCUT2D eigenvalue weighted by Crippen LogP contribution is -2.44. The molecule has 0 spiro atoms. The second kappa shape index (κ2) is 9.83. The van der Waals surface area contributed by atoms with Gasteiger partial charge in [0.2, 0.25) is 5.91 Å². The summed E-state index contributed by atoms with van der Waals surface area (Å²) >= 11 is 0. The minimum Gasteiger partial charge on any atom is -0.331 e. The molecule has 36 heavy (non-hydrogen) atoms. The Labute approximate surface area is 205 Å². The third kappa shape index (κ3) is 5.39. The average Bonchev–Trinajstić information content (AvgIpc) is 3.27. The predicted octanol–water partition coefficient (Wildman–Crippen LogP) is 3.99. The summed E-state index contributed by atoms with van der Waals surface area (Å²) in [5.74, 6) is -0.849. The number of nitrogens with one attached hydrogen (secondary N) is 1. The zero-order valence-electron chi connectivity index (χ0n) is 19.3. The quantitative estimate of drug-likeness (QED) is 0.535. The first-order valence-corrected chi connectivity index (χ1v) is 11.1. The molecule has 0 saturated carbocycles. The molecule has 1 aliphatic rings. The molecule has 0 aliphatic carbocycles. The highest BCUT2D eigenvalue weighted by atomic mass is 19.4. The Hall–Kier alpha value is -4.17. The first kappa shape index (κ1) is 24.9. The van der Waals surface area contributed by atoms with Gasteiger partial charge in [-0.1, -0.05) is 24.3 Å². The van der Waals surface area contributed by atoms with E-state index in [4.69, 9.17) is 5.73 Å². The van der Waals surface area contributed by atoms with Crippen LogP contribution in [-0.2, 0) is 17.9 Å². The van der Waals surface area contributed by atoms with Gasteiger partial charge in [-0.2, -0.15) is 23.5 Å². The molecule has 1 aromatic heterocycles. The van der Waals surface area contributed by atoms with E-state index >= 15 is 0 Å². The number of carbonyl (C=O) groups is 2. The number of benzene rings is 2. The molecule has 2 heterocycles. The number of rotatable bonds is 6. The van der Waals surface area contributed by atoms with E-state index in [1.807, 2.05) is 18.2 Å². The third-order valence-electron chi connectivity index (χ3n) is 5.85. The summed E-state index contributed by atoms with van der Waals surface area (Å²) in [5.41, 5.74) is 8.45. The number of carbonyl (C=O) groups excluding carboxylic acids is 2. The van der Waals surface area contributed by atoms with Gasteiger partial charge in [-0.05, 0) is 35.4 Å². The van der Waals surface area contributed by atoms with Crippen LogP contribution in [0.1, 0.15) is 46.6 Å². The predicted molar refractivity (Wildman–Crippen MR) is 125 cm³/mol. The number of nitrogens with two attached hydrogens (primary N) is 1. The van der Waals surface area contributed by atoms with Crippen LogP contribution in [0.5, 0.6) is 0 Å². The monoisotopic (exact) mass is 496 g/mol. The van der Waals surface area contributed by atoms with E-state index in [0.29, 0.717) is 12.1 Å². The van der Waals surface area contributed by atoms with Crippen LogP contribution in [0.25, 0.3) is 11.3 Å². The molecule has 2 aromatic carbocycles. The smallest absolute Gasteiger partial charge is 0.331 e. The normalized spacial score (nSPS) is 15.4. The summed E-state index contributed by atoms with van der Waals surface area (Å²) in [5, 5.41) is 16.2. The number of aromatic nitrogens is 2. The zero-order chi connectivity index (χ0) is 26.0. The van der Waals surface area contributed by atoms with Gasteiger partial charge in [0.1, 0.15) is 5.69 Å². The maximum atomic E-state index is 13.5. The number of anilines is 1. The van der Waals surface area contributed by atoms with Gasteiger partial charge in [-0.15, -0.1) is 0 Å². The Bertz CT molecular complexity index is 1340. The van der Waals surface area contributed by atoms with Gasteiger partial charge >= 0.3 is 6.18 Å². The van der Waals surface area contributed by atoms with Crippen molar-refractivity contribution >= 4 is 17.5 Å². The molecule has 0 radical (unpaired) electrons. The molecule has 186 valence electrons. The first-order chi connectivity index (χ1) is 17.1. The van der Waals surface area contributed by atoms with E-state index in [9.17, 15) is 28.0 Å². The van der Waals surface area contributed by atoms with Gasteiger partial charge in [0.15, 0.2) is 0 Å². The topological polar surface area (TPSA) is 117 Å². The molecular formula is C25H23F3N6O2. The number of alkyl halides is 3. The van der Waals surface area contributed by atoms with Crippen molar-refractivity contribution in [3.05, 3.63) is 70.9 Å². The maximum absolute atomic E-state index is 13.5. The van der Waals surface area contributed by atoms with Gasteiger partial charge in [0.25, 0.3) is 5.91 Å². The zero-order valence-corrected chi connectivity index (χ0v) is 19.3.